The molecule has 44 heavy (non-hydrogen) atoms. The van der Waals surface area contributed by atoms with Gasteiger partial charge in [0.15, 0.2) is 11.6 Å². The minimum atomic E-state index is -0.335. The molecule has 0 atom stereocenters. The van der Waals surface area contributed by atoms with Crippen molar-refractivity contribution in [2.24, 2.45) is 0 Å². The lowest BCUT2D eigenvalue weighted by molar-refractivity contribution is -0.120. The van der Waals surface area contributed by atoms with E-state index in [1.807, 2.05) is 140 Å². The highest BCUT2D eigenvalue weighted by Crippen LogP contribution is 2.38. The molecule has 2 amide bonds. The topological polar surface area (TPSA) is 87.1 Å². The summed E-state index contributed by atoms with van der Waals surface area (Å²) >= 11 is 0. The summed E-state index contributed by atoms with van der Waals surface area (Å²) in [6, 6.07) is 34.7. The van der Waals surface area contributed by atoms with Gasteiger partial charge in [0.1, 0.15) is 6.54 Å². The Labute approximate surface area is 254 Å². The predicted molar refractivity (Wildman–Crippen MR) is 174 cm³/mol. The zero-order valence-corrected chi connectivity index (χ0v) is 24.4. The monoisotopic (exact) mass is 578 g/mol. The molecule has 6 aromatic rings. The van der Waals surface area contributed by atoms with E-state index in [0.717, 1.165) is 27.7 Å². The number of aromatic amines is 1. The van der Waals surface area contributed by atoms with Crippen LogP contribution >= 0.6 is 0 Å². The lowest BCUT2D eigenvalue weighted by Gasteiger charge is -2.30. The van der Waals surface area contributed by atoms with Gasteiger partial charge in [0.25, 0.3) is 5.91 Å². The molecule has 0 spiro atoms. The zero-order chi connectivity index (χ0) is 30.2. The van der Waals surface area contributed by atoms with E-state index < -0.39 is 0 Å². The first-order chi connectivity index (χ1) is 21.5. The Morgan fingerprint density at radius 2 is 1.45 bits per heavy atom. The van der Waals surface area contributed by atoms with Gasteiger partial charge in [0, 0.05) is 40.0 Å². The predicted octanol–water partition coefficient (Wildman–Crippen LogP) is 6.74. The number of hydrogen-bond donors (Lipinski definition) is 1. The number of H-pyrrole nitrogens is 1. The molecule has 4 aromatic carbocycles. The average Bonchev–Trinajstić information content (AvgIpc) is 3.65. The van der Waals surface area contributed by atoms with E-state index in [1.165, 1.54) is 0 Å². The van der Waals surface area contributed by atoms with E-state index in [1.54, 1.807) is 9.80 Å². The van der Waals surface area contributed by atoms with E-state index in [9.17, 15) is 9.59 Å². The van der Waals surface area contributed by atoms with Crippen molar-refractivity contribution in [1.29, 1.82) is 0 Å². The number of nitrogens with one attached hydrogen (secondary N) is 1. The number of benzene rings is 4. The van der Waals surface area contributed by atoms with Crippen molar-refractivity contribution in [1.82, 2.24) is 19.7 Å². The highest BCUT2D eigenvalue weighted by atomic mass is 16.2. The quantitative estimate of drug-likeness (QED) is 0.222. The molecular formula is C36H30N6O2. The molecule has 0 bridgehead atoms. The molecular weight excluding hydrogens is 548 g/mol. The van der Waals surface area contributed by atoms with Crippen molar-refractivity contribution < 1.29 is 9.59 Å². The fourth-order valence-corrected chi connectivity index (χ4v) is 5.88. The number of carbonyl (C=O) groups is 2. The molecule has 0 fully saturated rings. The third kappa shape index (κ3) is 4.66. The Kier molecular flexibility index (Phi) is 6.86. The van der Waals surface area contributed by atoms with Crippen LogP contribution in [-0.4, -0.2) is 44.1 Å². The van der Waals surface area contributed by atoms with Gasteiger partial charge < -0.3 is 9.88 Å². The first-order valence-electron chi connectivity index (χ1n) is 14.6. The van der Waals surface area contributed by atoms with Crippen LogP contribution in [-0.2, 0) is 9.59 Å². The van der Waals surface area contributed by atoms with Crippen molar-refractivity contribution in [3.63, 3.8) is 0 Å². The third-order valence-corrected chi connectivity index (χ3v) is 7.86. The number of carbonyl (C=O) groups excluding carboxylic acids is 2. The SMILES string of the molecule is CC(C)N(C(=O)CN1C(=O)/C(=C/c2c[nH]c3ccccc23)c2nnc(-c3ccccc3)n2-c2ccccc21)c1ccccc1. The van der Waals surface area contributed by atoms with E-state index in [4.69, 9.17) is 0 Å². The minimum Gasteiger partial charge on any atom is -0.361 e. The van der Waals surface area contributed by atoms with Gasteiger partial charge in [-0.3, -0.25) is 19.1 Å². The summed E-state index contributed by atoms with van der Waals surface area (Å²) in [6.07, 6.45) is 3.73. The van der Waals surface area contributed by atoms with Gasteiger partial charge in [-0.1, -0.05) is 78.9 Å². The summed E-state index contributed by atoms with van der Waals surface area (Å²) in [5, 5.41) is 10.2. The first-order valence-corrected chi connectivity index (χ1v) is 14.6. The molecule has 8 heteroatoms. The van der Waals surface area contributed by atoms with E-state index in [2.05, 4.69) is 15.2 Å². The van der Waals surface area contributed by atoms with Gasteiger partial charge in [0.05, 0.1) is 16.9 Å². The van der Waals surface area contributed by atoms with Crippen LogP contribution < -0.4 is 9.80 Å². The molecule has 1 N–H and O–H groups in total. The van der Waals surface area contributed by atoms with E-state index in [0.29, 0.717) is 28.6 Å². The van der Waals surface area contributed by atoms with Crippen LogP contribution in [0.15, 0.2) is 115 Å². The summed E-state index contributed by atoms with van der Waals surface area (Å²) in [4.78, 5) is 35.4. The van der Waals surface area contributed by atoms with E-state index in [-0.39, 0.29) is 24.4 Å². The van der Waals surface area contributed by atoms with Crippen molar-refractivity contribution in [2.45, 2.75) is 19.9 Å². The van der Waals surface area contributed by atoms with Gasteiger partial charge in [-0.25, -0.2) is 0 Å². The summed E-state index contributed by atoms with van der Waals surface area (Å²) in [5.74, 6) is 0.484. The number of fused-ring (bicyclic) bond motifs is 4. The number of hydrogen-bond acceptors (Lipinski definition) is 4. The number of anilines is 2. The van der Waals surface area contributed by atoms with Gasteiger partial charge in [-0.15, -0.1) is 10.2 Å². The molecule has 0 saturated heterocycles. The number of rotatable bonds is 6. The molecule has 3 heterocycles. The molecule has 0 aliphatic carbocycles. The summed E-state index contributed by atoms with van der Waals surface area (Å²) in [5.41, 5.74) is 5.08. The van der Waals surface area contributed by atoms with E-state index >= 15 is 0 Å². The molecule has 1 aliphatic rings. The minimum absolute atomic E-state index is 0.118. The molecule has 2 aromatic heterocycles. The van der Waals surface area contributed by atoms with Crippen molar-refractivity contribution in [3.05, 3.63) is 127 Å². The van der Waals surface area contributed by atoms with Crippen LogP contribution in [0.3, 0.4) is 0 Å². The van der Waals surface area contributed by atoms with Gasteiger partial charge in [-0.05, 0) is 50.3 Å². The van der Waals surface area contributed by atoms with Gasteiger partial charge >= 0.3 is 0 Å². The van der Waals surface area contributed by atoms with Crippen LogP contribution in [0.25, 0.3) is 39.6 Å². The van der Waals surface area contributed by atoms with Crippen LogP contribution in [0, 0.1) is 0 Å². The Balaban J connectivity index is 1.43. The van der Waals surface area contributed by atoms with Crippen LogP contribution in [0.1, 0.15) is 25.2 Å². The zero-order valence-electron chi connectivity index (χ0n) is 24.4. The smallest absolute Gasteiger partial charge is 0.262 e. The van der Waals surface area contributed by atoms with Crippen molar-refractivity contribution in [2.75, 3.05) is 16.3 Å². The molecule has 7 rings (SSSR count). The Morgan fingerprint density at radius 3 is 2.20 bits per heavy atom. The van der Waals surface area contributed by atoms with Crippen LogP contribution in [0.2, 0.25) is 0 Å². The molecule has 8 nitrogen and oxygen atoms in total. The maximum absolute atomic E-state index is 14.7. The number of aromatic nitrogens is 4. The first kappa shape index (κ1) is 27.1. The molecule has 0 saturated carbocycles. The average molecular weight is 579 g/mol. The number of amides is 2. The molecule has 0 unspecified atom stereocenters. The van der Waals surface area contributed by atoms with Crippen molar-refractivity contribution in [3.8, 4) is 17.1 Å². The lowest BCUT2D eigenvalue weighted by Crippen LogP contribution is -2.46. The highest BCUT2D eigenvalue weighted by molar-refractivity contribution is 6.32. The fourth-order valence-electron chi connectivity index (χ4n) is 5.88. The lowest BCUT2D eigenvalue weighted by atomic mass is 10.1. The Morgan fingerprint density at radius 1 is 0.818 bits per heavy atom. The second-order valence-corrected chi connectivity index (χ2v) is 11.0. The molecule has 216 valence electrons. The summed E-state index contributed by atoms with van der Waals surface area (Å²) in [7, 11) is 0. The highest BCUT2D eigenvalue weighted by Gasteiger charge is 2.35. The van der Waals surface area contributed by atoms with Crippen LogP contribution in [0.5, 0.6) is 0 Å². The Hall–Kier alpha value is -5.76. The number of nitrogens with zero attached hydrogens (tertiary/aromatic N) is 5. The maximum atomic E-state index is 14.7. The standard InChI is InChI=1S/C36H30N6O2/c1-24(2)41(27-15-7-4-8-16-27)33(43)23-40-31-19-11-12-20-32(31)42-34(25-13-5-3-6-14-25)38-39-35(42)29(36(40)44)21-26-22-37-30-18-10-9-17-28(26)30/h3-22,24,37H,23H2,1-2H3/b29-21+. The largest absolute Gasteiger partial charge is 0.361 e. The second kappa shape index (κ2) is 11.1. The molecule has 0 radical (unpaired) electrons. The fraction of sp³-hybridized carbons (Fsp3) is 0.111. The second-order valence-electron chi connectivity index (χ2n) is 11.0. The Bertz CT molecular complexity index is 2020. The van der Waals surface area contributed by atoms with Gasteiger partial charge in [0.2, 0.25) is 5.91 Å². The summed E-state index contributed by atoms with van der Waals surface area (Å²) in [6.45, 7) is 3.78. The third-order valence-electron chi connectivity index (χ3n) is 7.86. The molecule has 1 aliphatic heterocycles. The summed E-state index contributed by atoms with van der Waals surface area (Å²) < 4.78 is 1.92. The number of para-hydroxylation sites is 4. The van der Waals surface area contributed by atoms with Gasteiger partial charge in [-0.2, -0.15) is 0 Å². The van der Waals surface area contributed by atoms with Crippen LogP contribution in [0.4, 0.5) is 11.4 Å². The maximum Gasteiger partial charge on any atom is 0.262 e. The van der Waals surface area contributed by atoms with Crippen molar-refractivity contribution >= 4 is 45.7 Å². The normalized spacial score (nSPS) is 13.7.